The van der Waals surface area contributed by atoms with Gasteiger partial charge in [0.05, 0.1) is 20.3 Å². The number of carbonyl (C=O) groups excluding carboxylic acids is 1. The molecule has 0 aliphatic heterocycles. The van der Waals surface area contributed by atoms with Gasteiger partial charge in [0.1, 0.15) is 11.5 Å². The highest BCUT2D eigenvalue weighted by Gasteiger charge is 1.96. The van der Waals surface area contributed by atoms with E-state index in [0.717, 1.165) is 11.5 Å². The molecular formula is C12H17NO4. The molecule has 0 radical (unpaired) electrons. The first kappa shape index (κ1) is 13.3. The van der Waals surface area contributed by atoms with E-state index in [1.807, 2.05) is 24.3 Å². The van der Waals surface area contributed by atoms with Gasteiger partial charge in [0.15, 0.2) is 0 Å². The lowest BCUT2D eigenvalue weighted by molar-refractivity contribution is -0.131. The van der Waals surface area contributed by atoms with Gasteiger partial charge >= 0.3 is 0 Å². The van der Waals surface area contributed by atoms with Crippen molar-refractivity contribution in [2.24, 2.45) is 0 Å². The Hall–Kier alpha value is -1.75. The third-order valence-corrected chi connectivity index (χ3v) is 1.93. The molecule has 0 atom stereocenters. The summed E-state index contributed by atoms with van der Waals surface area (Å²) in [6.45, 7) is 2.36. The molecule has 0 aliphatic rings. The van der Waals surface area contributed by atoms with Crippen molar-refractivity contribution in [1.82, 2.24) is 5.48 Å². The molecule has 0 spiro atoms. The van der Waals surface area contributed by atoms with E-state index in [-0.39, 0.29) is 5.91 Å². The standard InChI is InChI=1S/C12H17NO4/c1-10(14)13-17-9-3-8-16-12-6-4-11(15-2)5-7-12/h4-7H,3,8-9H2,1-2H3,(H,13,14). The highest BCUT2D eigenvalue weighted by Crippen LogP contribution is 2.16. The van der Waals surface area contributed by atoms with Crippen molar-refractivity contribution >= 4 is 5.91 Å². The van der Waals surface area contributed by atoms with Crippen LogP contribution in [0.3, 0.4) is 0 Å². The molecule has 5 nitrogen and oxygen atoms in total. The summed E-state index contributed by atoms with van der Waals surface area (Å²) < 4.78 is 10.5. The Bertz CT molecular complexity index is 337. The molecule has 0 heterocycles. The number of ether oxygens (including phenoxy) is 2. The summed E-state index contributed by atoms with van der Waals surface area (Å²) >= 11 is 0. The Kier molecular flexibility index (Phi) is 5.88. The molecule has 5 heteroatoms. The molecule has 1 aromatic rings. The van der Waals surface area contributed by atoms with Crippen LogP contribution in [0.5, 0.6) is 11.5 Å². The lowest BCUT2D eigenvalue weighted by Gasteiger charge is -2.07. The predicted octanol–water partition coefficient (Wildman–Crippen LogP) is 1.53. The van der Waals surface area contributed by atoms with E-state index in [1.165, 1.54) is 6.92 Å². The van der Waals surface area contributed by atoms with Gasteiger partial charge in [0, 0.05) is 13.3 Å². The minimum atomic E-state index is -0.207. The maximum Gasteiger partial charge on any atom is 0.240 e. The summed E-state index contributed by atoms with van der Waals surface area (Å²) in [4.78, 5) is 15.3. The molecule has 17 heavy (non-hydrogen) atoms. The zero-order valence-corrected chi connectivity index (χ0v) is 10.1. The molecule has 1 N–H and O–H groups in total. The summed E-state index contributed by atoms with van der Waals surface area (Å²) in [5.41, 5.74) is 2.25. The van der Waals surface area contributed by atoms with Crippen LogP contribution >= 0.6 is 0 Å². The van der Waals surface area contributed by atoms with Gasteiger partial charge in [-0.3, -0.25) is 9.63 Å². The topological polar surface area (TPSA) is 56.8 Å². The van der Waals surface area contributed by atoms with E-state index in [0.29, 0.717) is 19.6 Å². The first-order valence-corrected chi connectivity index (χ1v) is 5.37. The molecule has 1 amide bonds. The molecule has 1 rings (SSSR count). The van der Waals surface area contributed by atoms with E-state index in [1.54, 1.807) is 7.11 Å². The maximum absolute atomic E-state index is 10.5. The second-order valence-corrected chi connectivity index (χ2v) is 3.38. The van der Waals surface area contributed by atoms with Crippen LogP contribution in [-0.4, -0.2) is 26.2 Å². The summed E-state index contributed by atoms with van der Waals surface area (Å²) in [5, 5.41) is 0. The van der Waals surface area contributed by atoms with Gasteiger partial charge in [-0.15, -0.1) is 0 Å². The highest BCUT2D eigenvalue weighted by molar-refractivity contribution is 5.71. The van der Waals surface area contributed by atoms with Crippen LogP contribution in [0.2, 0.25) is 0 Å². The Morgan fingerprint density at radius 3 is 2.41 bits per heavy atom. The van der Waals surface area contributed by atoms with Crippen LogP contribution in [0.25, 0.3) is 0 Å². The van der Waals surface area contributed by atoms with Crippen molar-refractivity contribution < 1.29 is 19.1 Å². The predicted molar refractivity (Wildman–Crippen MR) is 62.9 cm³/mol. The van der Waals surface area contributed by atoms with Gasteiger partial charge in [-0.2, -0.15) is 0 Å². The Labute approximate surface area is 101 Å². The molecule has 0 saturated carbocycles. The van der Waals surface area contributed by atoms with Crippen LogP contribution < -0.4 is 15.0 Å². The van der Waals surface area contributed by atoms with Gasteiger partial charge in [-0.1, -0.05) is 0 Å². The third-order valence-electron chi connectivity index (χ3n) is 1.93. The third kappa shape index (κ3) is 5.77. The smallest absolute Gasteiger partial charge is 0.240 e. The number of benzene rings is 1. The number of carbonyl (C=O) groups is 1. The number of amides is 1. The Morgan fingerprint density at radius 2 is 1.82 bits per heavy atom. The average Bonchev–Trinajstić information content (AvgIpc) is 2.34. The van der Waals surface area contributed by atoms with Gasteiger partial charge in [-0.25, -0.2) is 5.48 Å². The molecule has 0 aliphatic carbocycles. The Balaban J connectivity index is 2.11. The number of rotatable bonds is 7. The number of hydrogen-bond donors (Lipinski definition) is 1. The molecule has 94 valence electrons. The van der Waals surface area contributed by atoms with Crippen LogP contribution in [0.15, 0.2) is 24.3 Å². The minimum absolute atomic E-state index is 0.207. The van der Waals surface area contributed by atoms with Gasteiger partial charge < -0.3 is 9.47 Å². The lowest BCUT2D eigenvalue weighted by atomic mass is 10.3. The minimum Gasteiger partial charge on any atom is -0.497 e. The first-order chi connectivity index (χ1) is 8.22. The maximum atomic E-state index is 10.5. The van der Waals surface area contributed by atoms with E-state index in [9.17, 15) is 4.79 Å². The number of nitrogens with one attached hydrogen (secondary N) is 1. The van der Waals surface area contributed by atoms with Crippen LogP contribution in [-0.2, 0) is 9.63 Å². The normalized spacial score (nSPS) is 9.76. The lowest BCUT2D eigenvalue weighted by Crippen LogP contribution is -2.21. The van der Waals surface area contributed by atoms with E-state index in [2.05, 4.69) is 5.48 Å². The van der Waals surface area contributed by atoms with Crippen molar-refractivity contribution in [1.29, 1.82) is 0 Å². The van der Waals surface area contributed by atoms with Crippen LogP contribution in [0.4, 0.5) is 0 Å². The molecule has 0 aromatic heterocycles. The number of methoxy groups -OCH3 is 1. The largest absolute Gasteiger partial charge is 0.497 e. The second-order valence-electron chi connectivity index (χ2n) is 3.38. The van der Waals surface area contributed by atoms with Gasteiger partial charge in [-0.05, 0) is 24.3 Å². The SMILES string of the molecule is COc1ccc(OCCCONC(C)=O)cc1. The zero-order valence-electron chi connectivity index (χ0n) is 10.1. The quantitative estimate of drug-likeness (QED) is 0.579. The molecular weight excluding hydrogens is 222 g/mol. The van der Waals surface area contributed by atoms with Gasteiger partial charge in [0.25, 0.3) is 0 Å². The summed E-state index contributed by atoms with van der Waals surface area (Å²) in [7, 11) is 1.62. The van der Waals surface area contributed by atoms with Crippen molar-refractivity contribution in [3.8, 4) is 11.5 Å². The van der Waals surface area contributed by atoms with E-state index < -0.39 is 0 Å². The van der Waals surface area contributed by atoms with Crippen LogP contribution in [0.1, 0.15) is 13.3 Å². The molecule has 0 saturated heterocycles. The van der Waals surface area contributed by atoms with Crippen molar-refractivity contribution in [3.05, 3.63) is 24.3 Å². The monoisotopic (exact) mass is 239 g/mol. The Morgan fingerprint density at radius 1 is 1.18 bits per heavy atom. The van der Waals surface area contributed by atoms with Gasteiger partial charge in [0.2, 0.25) is 5.91 Å². The van der Waals surface area contributed by atoms with E-state index in [4.69, 9.17) is 14.3 Å². The fourth-order valence-electron chi connectivity index (χ4n) is 1.15. The fraction of sp³-hybridized carbons (Fsp3) is 0.417. The first-order valence-electron chi connectivity index (χ1n) is 5.37. The second kappa shape index (κ2) is 7.51. The number of hydroxylamine groups is 1. The van der Waals surface area contributed by atoms with Crippen molar-refractivity contribution in [2.45, 2.75) is 13.3 Å². The summed E-state index contributed by atoms with van der Waals surface area (Å²) in [6, 6.07) is 7.35. The molecule has 0 fully saturated rings. The van der Waals surface area contributed by atoms with Crippen molar-refractivity contribution in [2.75, 3.05) is 20.3 Å². The number of hydrogen-bond acceptors (Lipinski definition) is 4. The summed E-state index contributed by atoms with van der Waals surface area (Å²) in [6.07, 6.45) is 0.701. The van der Waals surface area contributed by atoms with E-state index >= 15 is 0 Å². The molecule has 0 bridgehead atoms. The average molecular weight is 239 g/mol. The van der Waals surface area contributed by atoms with Crippen LogP contribution in [0, 0.1) is 0 Å². The zero-order chi connectivity index (χ0) is 12.5. The summed E-state index contributed by atoms with van der Waals surface area (Å²) in [5.74, 6) is 1.37. The fourth-order valence-corrected chi connectivity index (χ4v) is 1.15. The highest BCUT2D eigenvalue weighted by atomic mass is 16.6. The molecule has 1 aromatic carbocycles. The molecule has 0 unspecified atom stereocenters. The van der Waals surface area contributed by atoms with Crippen molar-refractivity contribution in [3.63, 3.8) is 0 Å².